The molecule has 0 spiro atoms. The first kappa shape index (κ1) is 15.4. The van der Waals surface area contributed by atoms with Crippen LogP contribution < -0.4 is 10.1 Å². The van der Waals surface area contributed by atoms with Crippen molar-refractivity contribution in [1.82, 2.24) is 15.3 Å². The van der Waals surface area contributed by atoms with E-state index in [9.17, 15) is 0 Å². The molecule has 0 amide bonds. The molecule has 0 saturated heterocycles. The number of nitrogens with one attached hydrogen (secondary N) is 1. The van der Waals surface area contributed by atoms with Crippen LogP contribution in [0.3, 0.4) is 0 Å². The number of rotatable bonds is 6. The largest absolute Gasteiger partial charge is 0.487 e. The molecule has 0 radical (unpaired) electrons. The lowest BCUT2D eigenvalue weighted by Crippen LogP contribution is -2.23. The van der Waals surface area contributed by atoms with Crippen molar-refractivity contribution in [2.75, 3.05) is 0 Å². The van der Waals surface area contributed by atoms with Crippen LogP contribution in [0.4, 0.5) is 0 Å². The maximum Gasteiger partial charge on any atom is 0.142 e. The Balaban J connectivity index is 2.08. The van der Waals surface area contributed by atoms with Crippen molar-refractivity contribution in [3.8, 4) is 5.75 Å². The predicted molar refractivity (Wildman–Crippen MR) is 84.3 cm³/mol. The third-order valence-corrected chi connectivity index (χ3v) is 3.08. The Hall–Kier alpha value is -1.94. The molecule has 2 aromatic heterocycles. The van der Waals surface area contributed by atoms with Gasteiger partial charge in [0.2, 0.25) is 0 Å². The van der Waals surface area contributed by atoms with E-state index in [0.29, 0.717) is 19.2 Å². The quantitative estimate of drug-likeness (QED) is 0.885. The summed E-state index contributed by atoms with van der Waals surface area (Å²) in [7, 11) is 0. The summed E-state index contributed by atoms with van der Waals surface area (Å²) in [5.74, 6) is 0.829. The summed E-state index contributed by atoms with van der Waals surface area (Å²) >= 11 is 0. The fraction of sp³-hybridized carbons (Fsp3) is 0.412. The number of pyridine rings is 2. The average molecular weight is 285 g/mol. The number of hydrogen-bond acceptors (Lipinski definition) is 4. The zero-order chi connectivity index (χ0) is 15.2. The van der Waals surface area contributed by atoms with Crippen LogP contribution in [-0.2, 0) is 13.2 Å². The minimum Gasteiger partial charge on any atom is -0.487 e. The van der Waals surface area contributed by atoms with Crippen molar-refractivity contribution in [3.05, 3.63) is 53.1 Å². The third-order valence-electron chi connectivity index (χ3n) is 3.08. The minimum atomic E-state index is 0.418. The van der Waals surface area contributed by atoms with Gasteiger partial charge in [0.15, 0.2) is 0 Å². The molecular weight excluding hydrogens is 262 g/mol. The van der Waals surface area contributed by atoms with Crippen LogP contribution in [0.2, 0.25) is 0 Å². The van der Waals surface area contributed by atoms with Crippen LogP contribution in [-0.4, -0.2) is 16.0 Å². The van der Waals surface area contributed by atoms with Gasteiger partial charge in [0, 0.05) is 36.2 Å². The molecule has 0 fully saturated rings. The number of hydrogen-bond donors (Lipinski definition) is 1. The number of ether oxygens (including phenoxy) is 1. The SMILES string of the molecule is Cc1cncc(COc2ccc(C)nc2CNC(C)C)c1. The van der Waals surface area contributed by atoms with Gasteiger partial charge in [0.1, 0.15) is 12.4 Å². The monoisotopic (exact) mass is 285 g/mol. The molecule has 0 aliphatic rings. The molecule has 0 atom stereocenters. The normalized spacial score (nSPS) is 10.9. The highest BCUT2D eigenvalue weighted by Crippen LogP contribution is 2.18. The molecule has 2 rings (SSSR count). The highest BCUT2D eigenvalue weighted by Gasteiger charge is 2.07. The van der Waals surface area contributed by atoms with E-state index in [0.717, 1.165) is 28.3 Å². The van der Waals surface area contributed by atoms with E-state index in [1.165, 1.54) is 0 Å². The Bertz CT molecular complexity index is 596. The maximum atomic E-state index is 5.92. The molecule has 0 aliphatic heterocycles. The summed E-state index contributed by atoms with van der Waals surface area (Å²) in [6, 6.07) is 6.47. The van der Waals surface area contributed by atoms with Crippen LogP contribution in [0.25, 0.3) is 0 Å². The molecule has 0 bridgehead atoms. The van der Waals surface area contributed by atoms with Gasteiger partial charge in [0.25, 0.3) is 0 Å². The van der Waals surface area contributed by atoms with E-state index in [1.54, 1.807) is 0 Å². The highest BCUT2D eigenvalue weighted by atomic mass is 16.5. The molecule has 2 heterocycles. The molecule has 0 aliphatic carbocycles. The van der Waals surface area contributed by atoms with Crippen molar-refractivity contribution < 1.29 is 4.74 Å². The van der Waals surface area contributed by atoms with Crippen molar-refractivity contribution >= 4 is 0 Å². The Kier molecular flexibility index (Phi) is 5.28. The molecule has 21 heavy (non-hydrogen) atoms. The summed E-state index contributed by atoms with van der Waals surface area (Å²) in [5.41, 5.74) is 4.16. The van der Waals surface area contributed by atoms with Gasteiger partial charge < -0.3 is 10.1 Å². The van der Waals surface area contributed by atoms with Crippen molar-refractivity contribution in [2.45, 2.75) is 46.9 Å². The molecule has 1 N–H and O–H groups in total. The second-order valence-electron chi connectivity index (χ2n) is 5.59. The smallest absolute Gasteiger partial charge is 0.142 e. The lowest BCUT2D eigenvalue weighted by atomic mass is 10.2. The Morgan fingerprint density at radius 3 is 2.71 bits per heavy atom. The summed E-state index contributed by atoms with van der Waals surface area (Å²) in [4.78, 5) is 8.76. The van der Waals surface area contributed by atoms with E-state index in [1.807, 2.05) is 38.4 Å². The van der Waals surface area contributed by atoms with E-state index < -0.39 is 0 Å². The van der Waals surface area contributed by atoms with Gasteiger partial charge in [-0.05, 0) is 37.6 Å². The van der Waals surface area contributed by atoms with Gasteiger partial charge in [-0.1, -0.05) is 13.8 Å². The number of nitrogens with zero attached hydrogens (tertiary/aromatic N) is 2. The minimum absolute atomic E-state index is 0.418. The van der Waals surface area contributed by atoms with Crippen molar-refractivity contribution in [3.63, 3.8) is 0 Å². The lowest BCUT2D eigenvalue weighted by Gasteiger charge is -2.13. The van der Waals surface area contributed by atoms with Gasteiger partial charge in [0.05, 0.1) is 5.69 Å². The molecule has 0 aromatic carbocycles. The second kappa shape index (κ2) is 7.18. The average Bonchev–Trinajstić information content (AvgIpc) is 2.44. The van der Waals surface area contributed by atoms with Crippen LogP contribution >= 0.6 is 0 Å². The molecule has 2 aromatic rings. The fourth-order valence-corrected chi connectivity index (χ4v) is 2.01. The number of aryl methyl sites for hydroxylation is 2. The molecule has 112 valence electrons. The van der Waals surface area contributed by atoms with E-state index in [4.69, 9.17) is 4.74 Å². The molecule has 0 saturated carbocycles. The number of aromatic nitrogens is 2. The molecule has 4 nitrogen and oxygen atoms in total. The standard InChI is InChI=1S/C17H23N3O/c1-12(2)19-10-16-17(6-5-14(4)20-16)21-11-15-7-13(3)8-18-9-15/h5-9,12,19H,10-11H2,1-4H3. The fourth-order valence-electron chi connectivity index (χ4n) is 2.01. The lowest BCUT2D eigenvalue weighted by molar-refractivity contribution is 0.299. The summed E-state index contributed by atoms with van der Waals surface area (Å²) in [5, 5.41) is 3.38. The first-order chi connectivity index (χ1) is 10.0. The Morgan fingerprint density at radius 2 is 2.00 bits per heavy atom. The molecule has 4 heteroatoms. The zero-order valence-electron chi connectivity index (χ0n) is 13.2. The van der Waals surface area contributed by atoms with Gasteiger partial charge >= 0.3 is 0 Å². The van der Waals surface area contributed by atoms with Gasteiger partial charge in [-0.15, -0.1) is 0 Å². The molecular formula is C17H23N3O. The second-order valence-corrected chi connectivity index (χ2v) is 5.59. The third kappa shape index (κ3) is 4.83. The van der Waals surface area contributed by atoms with E-state index >= 15 is 0 Å². The van der Waals surface area contributed by atoms with Crippen LogP contribution in [0.5, 0.6) is 5.75 Å². The van der Waals surface area contributed by atoms with Crippen molar-refractivity contribution in [1.29, 1.82) is 0 Å². The van der Waals surface area contributed by atoms with E-state index in [-0.39, 0.29) is 0 Å². The summed E-state index contributed by atoms with van der Waals surface area (Å²) < 4.78 is 5.92. The first-order valence-electron chi connectivity index (χ1n) is 7.28. The van der Waals surface area contributed by atoms with Crippen LogP contribution in [0.1, 0.15) is 36.4 Å². The van der Waals surface area contributed by atoms with Crippen LogP contribution in [0.15, 0.2) is 30.6 Å². The van der Waals surface area contributed by atoms with Gasteiger partial charge in [-0.2, -0.15) is 0 Å². The zero-order valence-corrected chi connectivity index (χ0v) is 13.2. The van der Waals surface area contributed by atoms with Crippen molar-refractivity contribution in [2.24, 2.45) is 0 Å². The topological polar surface area (TPSA) is 47.0 Å². The van der Waals surface area contributed by atoms with Gasteiger partial charge in [-0.25, -0.2) is 0 Å². The first-order valence-corrected chi connectivity index (χ1v) is 7.28. The van der Waals surface area contributed by atoms with Gasteiger partial charge in [-0.3, -0.25) is 9.97 Å². The molecule has 0 unspecified atom stereocenters. The summed E-state index contributed by atoms with van der Waals surface area (Å²) in [6.45, 7) is 9.48. The summed E-state index contributed by atoms with van der Waals surface area (Å²) in [6.07, 6.45) is 3.68. The van der Waals surface area contributed by atoms with E-state index in [2.05, 4.69) is 35.2 Å². The maximum absolute atomic E-state index is 5.92. The predicted octanol–water partition coefficient (Wildman–Crippen LogP) is 3.17. The Morgan fingerprint density at radius 1 is 1.19 bits per heavy atom. The Labute approximate surface area is 126 Å². The highest BCUT2D eigenvalue weighted by molar-refractivity contribution is 5.30. The van der Waals surface area contributed by atoms with Crippen LogP contribution in [0, 0.1) is 13.8 Å².